The Morgan fingerprint density at radius 1 is 1.60 bits per heavy atom. The van der Waals surface area contributed by atoms with Crippen molar-refractivity contribution in [3.05, 3.63) is 44.9 Å². The maximum Gasteiger partial charge on any atom is 0.275 e. The van der Waals surface area contributed by atoms with Gasteiger partial charge >= 0.3 is 0 Å². The Bertz CT molecular complexity index is 690. The normalized spacial score (nSPS) is 11.7. The molecule has 0 spiro atoms. The number of hydrogen-bond acceptors (Lipinski definition) is 5. The summed E-state index contributed by atoms with van der Waals surface area (Å²) in [5.41, 5.74) is 6.86. The van der Waals surface area contributed by atoms with Crippen LogP contribution >= 0.6 is 22.9 Å². The summed E-state index contributed by atoms with van der Waals surface area (Å²) in [6, 6.07) is 6.42. The van der Waals surface area contributed by atoms with E-state index in [-0.39, 0.29) is 11.9 Å². The number of hydrogen-bond donors (Lipinski definition) is 2. The molecule has 1 unspecified atom stereocenters. The predicted octanol–water partition coefficient (Wildman–Crippen LogP) is 2.94. The quantitative estimate of drug-likeness (QED) is 0.912. The second kappa shape index (κ2) is 6.01. The molecular formula is C13H11ClN4OS. The van der Waals surface area contributed by atoms with Gasteiger partial charge in [0.05, 0.1) is 28.4 Å². The van der Waals surface area contributed by atoms with Crippen LogP contribution in [0.3, 0.4) is 0 Å². The fraction of sp³-hybridized carbons (Fsp3) is 0.154. The van der Waals surface area contributed by atoms with Gasteiger partial charge in [0.15, 0.2) is 0 Å². The molecule has 2 aromatic rings. The van der Waals surface area contributed by atoms with E-state index in [1.165, 1.54) is 17.4 Å². The molecule has 1 aromatic carbocycles. The highest BCUT2D eigenvalue weighted by Crippen LogP contribution is 2.24. The Hall–Kier alpha value is -1.94. The largest absolute Gasteiger partial charge is 0.322 e. The summed E-state index contributed by atoms with van der Waals surface area (Å²) in [7, 11) is 0. The fourth-order valence-corrected chi connectivity index (χ4v) is 2.46. The van der Waals surface area contributed by atoms with E-state index in [1.807, 2.05) is 6.07 Å². The van der Waals surface area contributed by atoms with Crippen LogP contribution in [0.2, 0.25) is 5.02 Å². The molecule has 1 aromatic heterocycles. The SMILES string of the molecule is CC(N)c1nc(C(=O)Nc2ccc(C#N)cc2Cl)cs1. The Balaban J connectivity index is 2.17. The maximum absolute atomic E-state index is 12.0. The minimum absolute atomic E-state index is 0.208. The van der Waals surface area contributed by atoms with E-state index in [4.69, 9.17) is 22.6 Å². The monoisotopic (exact) mass is 306 g/mol. The Morgan fingerprint density at radius 3 is 2.90 bits per heavy atom. The van der Waals surface area contributed by atoms with Crippen LogP contribution in [0.5, 0.6) is 0 Å². The molecule has 7 heteroatoms. The van der Waals surface area contributed by atoms with Crippen LogP contribution in [0.25, 0.3) is 0 Å². The molecule has 0 saturated carbocycles. The van der Waals surface area contributed by atoms with Gasteiger partial charge in [0, 0.05) is 5.38 Å². The van der Waals surface area contributed by atoms with Gasteiger partial charge in [-0.1, -0.05) is 11.6 Å². The van der Waals surface area contributed by atoms with Crippen molar-refractivity contribution >= 4 is 34.5 Å². The lowest BCUT2D eigenvalue weighted by Gasteiger charge is -2.05. The second-order valence-electron chi connectivity index (χ2n) is 4.12. The van der Waals surface area contributed by atoms with E-state index in [0.717, 1.165) is 0 Å². The first-order chi connectivity index (χ1) is 9.51. The lowest BCUT2D eigenvalue weighted by molar-refractivity contribution is 0.102. The number of aromatic nitrogens is 1. The number of thiazole rings is 1. The van der Waals surface area contributed by atoms with E-state index in [2.05, 4.69) is 10.3 Å². The average molecular weight is 307 g/mol. The molecule has 2 rings (SSSR count). The van der Waals surface area contributed by atoms with Crippen LogP contribution in [0.4, 0.5) is 5.69 Å². The summed E-state index contributed by atoms with van der Waals surface area (Å²) in [5.74, 6) is -0.361. The third-order valence-electron chi connectivity index (χ3n) is 2.49. The van der Waals surface area contributed by atoms with Gasteiger partial charge in [0.2, 0.25) is 0 Å². The van der Waals surface area contributed by atoms with Gasteiger partial charge in [-0.2, -0.15) is 5.26 Å². The van der Waals surface area contributed by atoms with Gasteiger partial charge in [0.25, 0.3) is 5.91 Å². The van der Waals surface area contributed by atoms with Crippen LogP contribution in [0.1, 0.15) is 34.0 Å². The zero-order chi connectivity index (χ0) is 14.7. The minimum atomic E-state index is -0.361. The molecule has 1 amide bonds. The summed E-state index contributed by atoms with van der Waals surface area (Å²) in [6.45, 7) is 1.80. The lowest BCUT2D eigenvalue weighted by atomic mass is 10.2. The van der Waals surface area contributed by atoms with E-state index in [0.29, 0.717) is 27.0 Å². The topological polar surface area (TPSA) is 91.8 Å². The third-order valence-corrected chi connectivity index (χ3v) is 3.85. The van der Waals surface area contributed by atoms with Gasteiger partial charge in [-0.05, 0) is 25.1 Å². The van der Waals surface area contributed by atoms with Crippen LogP contribution in [0, 0.1) is 11.3 Å². The van der Waals surface area contributed by atoms with Crippen LogP contribution in [-0.2, 0) is 0 Å². The third kappa shape index (κ3) is 3.14. The Kier molecular flexibility index (Phi) is 4.35. The van der Waals surface area contributed by atoms with Gasteiger partial charge in [-0.15, -0.1) is 11.3 Å². The van der Waals surface area contributed by atoms with Crippen LogP contribution in [0.15, 0.2) is 23.6 Å². The van der Waals surface area contributed by atoms with Crippen molar-refractivity contribution in [3.63, 3.8) is 0 Å². The summed E-state index contributed by atoms with van der Waals surface area (Å²) in [6.07, 6.45) is 0. The first-order valence-corrected chi connectivity index (χ1v) is 6.99. The van der Waals surface area contributed by atoms with Crippen molar-refractivity contribution in [3.8, 4) is 6.07 Å². The highest BCUT2D eigenvalue weighted by molar-refractivity contribution is 7.09. The molecule has 0 aliphatic carbocycles. The van der Waals surface area contributed by atoms with Crippen molar-refractivity contribution in [2.45, 2.75) is 13.0 Å². The number of benzene rings is 1. The van der Waals surface area contributed by atoms with Crippen molar-refractivity contribution in [2.24, 2.45) is 5.73 Å². The number of amides is 1. The zero-order valence-electron chi connectivity index (χ0n) is 10.6. The summed E-state index contributed by atoms with van der Waals surface area (Å²) < 4.78 is 0. The molecule has 0 saturated heterocycles. The van der Waals surface area contributed by atoms with Gasteiger partial charge in [-0.3, -0.25) is 4.79 Å². The number of carbonyl (C=O) groups excluding carboxylic acids is 1. The first kappa shape index (κ1) is 14.5. The van der Waals surface area contributed by atoms with Crippen molar-refractivity contribution in [2.75, 3.05) is 5.32 Å². The Labute approximate surface area is 125 Å². The van der Waals surface area contributed by atoms with E-state index in [9.17, 15) is 4.79 Å². The van der Waals surface area contributed by atoms with E-state index < -0.39 is 0 Å². The highest BCUT2D eigenvalue weighted by atomic mass is 35.5. The highest BCUT2D eigenvalue weighted by Gasteiger charge is 2.14. The maximum atomic E-state index is 12.0. The van der Waals surface area contributed by atoms with E-state index in [1.54, 1.807) is 24.4 Å². The number of nitrogens with zero attached hydrogens (tertiary/aromatic N) is 2. The smallest absolute Gasteiger partial charge is 0.275 e. The average Bonchev–Trinajstić information content (AvgIpc) is 2.91. The molecule has 3 N–H and O–H groups in total. The molecule has 0 fully saturated rings. The molecule has 1 heterocycles. The summed E-state index contributed by atoms with van der Waals surface area (Å²) >= 11 is 7.33. The summed E-state index contributed by atoms with van der Waals surface area (Å²) in [4.78, 5) is 16.2. The molecule has 0 aliphatic rings. The van der Waals surface area contributed by atoms with Crippen molar-refractivity contribution < 1.29 is 4.79 Å². The standard InChI is InChI=1S/C13H11ClN4OS/c1-7(16)13-18-11(6-20-13)12(19)17-10-3-2-8(5-15)4-9(10)14/h2-4,6-7H,16H2,1H3,(H,17,19). The molecule has 5 nitrogen and oxygen atoms in total. The lowest BCUT2D eigenvalue weighted by Crippen LogP contribution is -2.13. The number of rotatable bonds is 3. The molecule has 102 valence electrons. The number of nitrogens with two attached hydrogens (primary N) is 1. The molecule has 0 radical (unpaired) electrons. The van der Waals surface area contributed by atoms with E-state index >= 15 is 0 Å². The molecule has 0 aliphatic heterocycles. The number of nitrogens with one attached hydrogen (secondary N) is 1. The van der Waals surface area contributed by atoms with Crippen molar-refractivity contribution in [1.82, 2.24) is 4.98 Å². The van der Waals surface area contributed by atoms with Gasteiger partial charge < -0.3 is 11.1 Å². The zero-order valence-corrected chi connectivity index (χ0v) is 12.1. The second-order valence-corrected chi connectivity index (χ2v) is 5.42. The van der Waals surface area contributed by atoms with Gasteiger partial charge in [0.1, 0.15) is 10.7 Å². The molecule has 1 atom stereocenters. The fourth-order valence-electron chi connectivity index (χ4n) is 1.47. The number of halogens is 1. The minimum Gasteiger partial charge on any atom is -0.322 e. The number of anilines is 1. The molecule has 0 bridgehead atoms. The Morgan fingerprint density at radius 2 is 2.35 bits per heavy atom. The first-order valence-electron chi connectivity index (χ1n) is 5.73. The van der Waals surface area contributed by atoms with Crippen LogP contribution in [-0.4, -0.2) is 10.9 Å². The number of nitriles is 1. The van der Waals surface area contributed by atoms with Crippen LogP contribution < -0.4 is 11.1 Å². The summed E-state index contributed by atoms with van der Waals surface area (Å²) in [5, 5.41) is 14.0. The van der Waals surface area contributed by atoms with Crippen molar-refractivity contribution in [1.29, 1.82) is 5.26 Å². The predicted molar refractivity (Wildman–Crippen MR) is 78.8 cm³/mol. The molecular weight excluding hydrogens is 296 g/mol. The molecule has 20 heavy (non-hydrogen) atoms. The van der Waals surface area contributed by atoms with Gasteiger partial charge in [-0.25, -0.2) is 4.98 Å². The number of carbonyl (C=O) groups is 1.